The lowest BCUT2D eigenvalue weighted by Gasteiger charge is -2.08. The number of hydrogen-bond acceptors (Lipinski definition) is 2. The Labute approximate surface area is 115 Å². The Bertz CT molecular complexity index is 551. The number of nitrogen functional groups attached to an aromatic ring is 1. The summed E-state index contributed by atoms with van der Waals surface area (Å²) >= 11 is 7.54. The number of nitrogens with two attached hydrogens (primary N) is 1. The van der Waals surface area contributed by atoms with Crippen LogP contribution in [0.5, 0.6) is 0 Å². The predicted molar refractivity (Wildman–Crippen MR) is 76.6 cm³/mol. The monoisotopic (exact) mass is 281 g/mol. The van der Waals surface area contributed by atoms with E-state index in [9.17, 15) is 4.39 Å². The summed E-state index contributed by atoms with van der Waals surface area (Å²) in [5.74, 6) is 0.249. The second-order valence-corrected chi connectivity index (χ2v) is 5.44. The minimum Gasteiger partial charge on any atom is -0.399 e. The lowest BCUT2D eigenvalue weighted by molar-refractivity contribution is 0.617. The molecule has 0 unspecified atom stereocenters. The Morgan fingerprint density at radius 2 is 2.06 bits per heavy atom. The molecule has 4 heteroatoms. The van der Waals surface area contributed by atoms with Gasteiger partial charge in [0.05, 0.1) is 0 Å². The van der Waals surface area contributed by atoms with Crippen molar-refractivity contribution in [2.75, 3.05) is 5.73 Å². The lowest BCUT2D eigenvalue weighted by atomic mass is 10.2. The van der Waals surface area contributed by atoms with Crippen LogP contribution in [0.3, 0.4) is 0 Å². The van der Waals surface area contributed by atoms with Crippen LogP contribution in [0.25, 0.3) is 0 Å². The number of hydrogen-bond donors (Lipinski definition) is 1. The van der Waals surface area contributed by atoms with E-state index in [-0.39, 0.29) is 5.82 Å². The molecule has 0 bridgehead atoms. The van der Waals surface area contributed by atoms with Gasteiger partial charge in [0.15, 0.2) is 0 Å². The van der Waals surface area contributed by atoms with Crippen LogP contribution >= 0.6 is 23.4 Å². The fourth-order valence-corrected chi connectivity index (χ4v) is 3.01. The minimum absolute atomic E-state index is 0.261. The molecular formula is C14H13ClFNS. The molecule has 2 rings (SSSR count). The van der Waals surface area contributed by atoms with Gasteiger partial charge in [0.2, 0.25) is 0 Å². The van der Waals surface area contributed by atoms with Gasteiger partial charge in [0.1, 0.15) is 5.82 Å². The van der Waals surface area contributed by atoms with Crippen molar-refractivity contribution in [3.8, 4) is 0 Å². The van der Waals surface area contributed by atoms with Gasteiger partial charge in [0, 0.05) is 26.9 Å². The first kappa shape index (κ1) is 13.2. The maximum atomic E-state index is 13.6. The quantitative estimate of drug-likeness (QED) is 0.654. The fraction of sp³-hybridized carbons (Fsp3) is 0.143. The highest BCUT2D eigenvalue weighted by Gasteiger charge is 2.08. The first-order chi connectivity index (χ1) is 8.58. The number of rotatable bonds is 3. The molecule has 0 saturated carbocycles. The first-order valence-corrected chi connectivity index (χ1v) is 6.86. The number of anilines is 1. The average molecular weight is 282 g/mol. The van der Waals surface area contributed by atoms with Gasteiger partial charge < -0.3 is 5.73 Å². The van der Waals surface area contributed by atoms with Crippen molar-refractivity contribution >= 4 is 29.1 Å². The molecule has 18 heavy (non-hydrogen) atoms. The number of benzene rings is 2. The van der Waals surface area contributed by atoms with Gasteiger partial charge in [-0.1, -0.05) is 17.7 Å². The Hall–Kier alpha value is -1.19. The van der Waals surface area contributed by atoms with Gasteiger partial charge in [-0.05, 0) is 42.8 Å². The van der Waals surface area contributed by atoms with Gasteiger partial charge in [-0.3, -0.25) is 0 Å². The minimum atomic E-state index is -0.261. The summed E-state index contributed by atoms with van der Waals surface area (Å²) in [5.41, 5.74) is 8.06. The van der Waals surface area contributed by atoms with E-state index >= 15 is 0 Å². The van der Waals surface area contributed by atoms with Crippen molar-refractivity contribution in [1.29, 1.82) is 0 Å². The molecule has 0 radical (unpaired) electrons. The highest BCUT2D eigenvalue weighted by molar-refractivity contribution is 7.98. The third kappa shape index (κ3) is 2.98. The van der Waals surface area contributed by atoms with Gasteiger partial charge in [0.25, 0.3) is 0 Å². The van der Waals surface area contributed by atoms with Crippen LogP contribution < -0.4 is 5.73 Å². The molecule has 2 N–H and O–H groups in total. The van der Waals surface area contributed by atoms with E-state index in [0.717, 1.165) is 16.1 Å². The Morgan fingerprint density at radius 3 is 2.72 bits per heavy atom. The number of aryl methyl sites for hydroxylation is 1. The molecule has 0 amide bonds. The first-order valence-electron chi connectivity index (χ1n) is 5.50. The molecule has 0 heterocycles. The summed E-state index contributed by atoms with van der Waals surface area (Å²) < 4.78 is 13.6. The molecule has 0 spiro atoms. The van der Waals surface area contributed by atoms with E-state index in [1.54, 1.807) is 23.9 Å². The van der Waals surface area contributed by atoms with Crippen LogP contribution in [0.2, 0.25) is 5.02 Å². The number of halogens is 2. The van der Waals surface area contributed by atoms with Crippen molar-refractivity contribution in [3.05, 3.63) is 58.4 Å². The topological polar surface area (TPSA) is 26.0 Å². The fourth-order valence-electron chi connectivity index (χ4n) is 1.65. The molecule has 0 fully saturated rings. The molecule has 0 saturated heterocycles. The maximum Gasteiger partial charge on any atom is 0.128 e. The third-order valence-electron chi connectivity index (χ3n) is 2.63. The standard InChI is InChI=1S/C14H13ClFNS/c1-9-7-10(17)5-6-14(9)18-8-11-12(15)3-2-4-13(11)16/h2-7H,8,17H2,1H3. The largest absolute Gasteiger partial charge is 0.399 e. The number of thioether (sulfide) groups is 1. The van der Waals surface area contributed by atoms with Crippen LogP contribution in [-0.4, -0.2) is 0 Å². The van der Waals surface area contributed by atoms with E-state index < -0.39 is 0 Å². The molecule has 0 aliphatic heterocycles. The molecule has 0 aliphatic rings. The smallest absolute Gasteiger partial charge is 0.128 e. The van der Waals surface area contributed by atoms with E-state index in [4.69, 9.17) is 17.3 Å². The van der Waals surface area contributed by atoms with E-state index in [2.05, 4.69) is 0 Å². The Morgan fingerprint density at radius 1 is 1.28 bits per heavy atom. The zero-order valence-electron chi connectivity index (χ0n) is 9.91. The average Bonchev–Trinajstić information content (AvgIpc) is 2.31. The third-order valence-corrected chi connectivity index (χ3v) is 4.19. The van der Waals surface area contributed by atoms with Gasteiger partial charge in [-0.15, -0.1) is 11.8 Å². The van der Waals surface area contributed by atoms with Crippen molar-refractivity contribution < 1.29 is 4.39 Å². The Kier molecular flexibility index (Phi) is 4.15. The van der Waals surface area contributed by atoms with Crippen molar-refractivity contribution in [2.24, 2.45) is 0 Å². The zero-order valence-corrected chi connectivity index (χ0v) is 11.5. The summed E-state index contributed by atoms with van der Waals surface area (Å²) in [6.07, 6.45) is 0. The Balaban J connectivity index is 2.16. The molecular weight excluding hydrogens is 269 g/mol. The van der Waals surface area contributed by atoms with Gasteiger partial charge >= 0.3 is 0 Å². The van der Waals surface area contributed by atoms with Crippen LogP contribution in [0, 0.1) is 12.7 Å². The van der Waals surface area contributed by atoms with Gasteiger partial charge in [-0.2, -0.15) is 0 Å². The summed E-state index contributed by atoms with van der Waals surface area (Å²) in [4.78, 5) is 1.09. The highest BCUT2D eigenvalue weighted by Crippen LogP contribution is 2.30. The van der Waals surface area contributed by atoms with Crippen LogP contribution in [0.15, 0.2) is 41.3 Å². The van der Waals surface area contributed by atoms with Gasteiger partial charge in [-0.25, -0.2) is 4.39 Å². The second-order valence-electron chi connectivity index (χ2n) is 4.01. The molecule has 0 atom stereocenters. The van der Waals surface area contributed by atoms with Crippen LogP contribution in [-0.2, 0) is 5.75 Å². The van der Waals surface area contributed by atoms with Crippen molar-refractivity contribution in [3.63, 3.8) is 0 Å². The normalized spacial score (nSPS) is 10.6. The molecule has 0 aliphatic carbocycles. The summed E-state index contributed by atoms with van der Waals surface area (Å²) in [6.45, 7) is 1.99. The maximum absolute atomic E-state index is 13.6. The second kappa shape index (κ2) is 5.63. The van der Waals surface area contributed by atoms with Crippen molar-refractivity contribution in [1.82, 2.24) is 0 Å². The summed E-state index contributed by atoms with van der Waals surface area (Å²) in [6, 6.07) is 10.4. The molecule has 2 aromatic carbocycles. The molecule has 0 aromatic heterocycles. The summed E-state index contributed by atoms with van der Waals surface area (Å²) in [5, 5.41) is 0.468. The van der Waals surface area contributed by atoms with Crippen LogP contribution in [0.1, 0.15) is 11.1 Å². The van der Waals surface area contributed by atoms with Crippen molar-refractivity contribution in [2.45, 2.75) is 17.6 Å². The molecule has 94 valence electrons. The lowest BCUT2D eigenvalue weighted by Crippen LogP contribution is -1.91. The van der Waals surface area contributed by atoms with Crippen LogP contribution in [0.4, 0.5) is 10.1 Å². The van der Waals surface area contributed by atoms with E-state index in [1.165, 1.54) is 6.07 Å². The highest BCUT2D eigenvalue weighted by atomic mass is 35.5. The SMILES string of the molecule is Cc1cc(N)ccc1SCc1c(F)cccc1Cl. The molecule has 2 aromatic rings. The summed E-state index contributed by atoms with van der Waals surface area (Å²) in [7, 11) is 0. The zero-order chi connectivity index (χ0) is 13.1. The predicted octanol–water partition coefficient (Wildman–Crippen LogP) is 4.66. The van der Waals surface area contributed by atoms with E-state index in [1.807, 2.05) is 25.1 Å². The van der Waals surface area contributed by atoms with E-state index in [0.29, 0.717) is 16.3 Å². The molecule has 1 nitrogen and oxygen atoms in total.